The molecule has 7 nitrogen and oxygen atoms in total. The molecule has 2 aromatic carbocycles. The predicted molar refractivity (Wildman–Crippen MR) is 99.7 cm³/mol. The Hall–Kier alpha value is -3.61. The van der Waals surface area contributed by atoms with Crippen LogP contribution in [0.5, 0.6) is 11.5 Å². The summed E-state index contributed by atoms with van der Waals surface area (Å²) in [5, 5.41) is 2.21. The highest BCUT2D eigenvalue weighted by atomic mass is 16.5. The lowest BCUT2D eigenvalue weighted by Gasteiger charge is -2.27. The van der Waals surface area contributed by atoms with Gasteiger partial charge in [-0.15, -0.1) is 0 Å². The van der Waals surface area contributed by atoms with Gasteiger partial charge in [-0.05, 0) is 30.7 Å². The summed E-state index contributed by atoms with van der Waals surface area (Å²) in [6.07, 6.45) is 1.39. The molecule has 0 atom stereocenters. The van der Waals surface area contributed by atoms with Crippen LogP contribution in [-0.4, -0.2) is 32.1 Å². The fourth-order valence-electron chi connectivity index (χ4n) is 2.87. The number of hydrogen-bond acceptors (Lipinski definition) is 5. The molecule has 1 aliphatic heterocycles. The fraction of sp³-hybridized carbons (Fsp3) is 0.150. The van der Waals surface area contributed by atoms with Crippen molar-refractivity contribution in [1.29, 1.82) is 0 Å². The van der Waals surface area contributed by atoms with Crippen molar-refractivity contribution in [2.45, 2.75) is 6.92 Å². The van der Waals surface area contributed by atoms with Crippen LogP contribution in [0.4, 0.5) is 10.5 Å². The van der Waals surface area contributed by atoms with E-state index in [9.17, 15) is 14.4 Å². The van der Waals surface area contributed by atoms with E-state index in [4.69, 9.17) is 9.47 Å². The summed E-state index contributed by atoms with van der Waals surface area (Å²) in [5.41, 5.74) is 1.45. The second-order valence-corrected chi connectivity index (χ2v) is 5.83. The van der Waals surface area contributed by atoms with Crippen LogP contribution in [0.1, 0.15) is 11.1 Å². The summed E-state index contributed by atoms with van der Waals surface area (Å²) >= 11 is 0. The third-order valence-electron chi connectivity index (χ3n) is 4.19. The van der Waals surface area contributed by atoms with Crippen molar-refractivity contribution in [2.24, 2.45) is 0 Å². The average molecular weight is 366 g/mol. The van der Waals surface area contributed by atoms with Crippen molar-refractivity contribution in [2.75, 3.05) is 19.1 Å². The number of anilines is 1. The predicted octanol–water partition coefficient (Wildman–Crippen LogP) is 2.68. The maximum atomic E-state index is 13.0. The minimum Gasteiger partial charge on any atom is -0.493 e. The number of imide groups is 2. The highest BCUT2D eigenvalue weighted by Gasteiger charge is 2.37. The lowest BCUT2D eigenvalue weighted by Crippen LogP contribution is -2.54. The lowest BCUT2D eigenvalue weighted by molar-refractivity contribution is -0.122. The van der Waals surface area contributed by atoms with Gasteiger partial charge in [-0.2, -0.15) is 0 Å². The Morgan fingerprint density at radius 3 is 2.37 bits per heavy atom. The number of barbiturate groups is 1. The number of carbonyl (C=O) groups excluding carboxylic acids is 3. The monoisotopic (exact) mass is 366 g/mol. The molecular weight excluding hydrogens is 348 g/mol. The van der Waals surface area contributed by atoms with Gasteiger partial charge in [0.15, 0.2) is 11.5 Å². The van der Waals surface area contributed by atoms with Crippen LogP contribution >= 0.6 is 0 Å². The van der Waals surface area contributed by atoms with E-state index in [1.165, 1.54) is 20.3 Å². The van der Waals surface area contributed by atoms with Crippen LogP contribution in [0.25, 0.3) is 6.08 Å². The Morgan fingerprint density at radius 2 is 1.70 bits per heavy atom. The summed E-state index contributed by atoms with van der Waals surface area (Å²) in [5.74, 6) is -0.627. The van der Waals surface area contributed by atoms with Crippen LogP contribution < -0.4 is 19.7 Å². The summed E-state index contributed by atoms with van der Waals surface area (Å²) in [4.78, 5) is 38.5. The number of carbonyl (C=O) groups is 3. The number of amides is 4. The quantitative estimate of drug-likeness (QED) is 0.664. The van der Waals surface area contributed by atoms with Gasteiger partial charge in [0.25, 0.3) is 11.8 Å². The number of para-hydroxylation sites is 2. The zero-order valence-electron chi connectivity index (χ0n) is 15.1. The van der Waals surface area contributed by atoms with Crippen LogP contribution in [0.3, 0.4) is 0 Å². The number of nitrogens with zero attached hydrogens (tertiary/aromatic N) is 1. The van der Waals surface area contributed by atoms with E-state index < -0.39 is 17.8 Å². The number of aryl methyl sites for hydroxylation is 1. The minimum absolute atomic E-state index is 0.176. The van der Waals surface area contributed by atoms with Crippen molar-refractivity contribution in [3.05, 3.63) is 59.2 Å². The Bertz CT molecular complexity index is 965. The first kappa shape index (κ1) is 18.2. The molecule has 0 unspecified atom stereocenters. The molecule has 1 aliphatic rings. The molecule has 2 aromatic rings. The van der Waals surface area contributed by atoms with Crippen molar-refractivity contribution >= 4 is 29.6 Å². The van der Waals surface area contributed by atoms with Gasteiger partial charge in [0.05, 0.1) is 19.9 Å². The van der Waals surface area contributed by atoms with E-state index in [1.54, 1.807) is 49.4 Å². The second kappa shape index (κ2) is 7.33. The number of urea groups is 1. The summed E-state index contributed by atoms with van der Waals surface area (Å²) in [6.45, 7) is 1.78. The molecule has 0 aromatic heterocycles. The number of methoxy groups -OCH3 is 2. The molecule has 7 heteroatoms. The van der Waals surface area contributed by atoms with Crippen LogP contribution in [0, 0.1) is 6.92 Å². The first-order valence-electron chi connectivity index (χ1n) is 8.16. The normalized spacial score (nSPS) is 15.7. The molecule has 3 rings (SSSR count). The van der Waals surface area contributed by atoms with Crippen molar-refractivity contribution in [1.82, 2.24) is 5.32 Å². The largest absolute Gasteiger partial charge is 0.493 e. The summed E-state index contributed by atoms with van der Waals surface area (Å²) in [7, 11) is 2.96. The van der Waals surface area contributed by atoms with Crippen LogP contribution in [0.15, 0.2) is 48.0 Å². The minimum atomic E-state index is -0.783. The van der Waals surface area contributed by atoms with E-state index in [2.05, 4.69) is 5.32 Å². The van der Waals surface area contributed by atoms with Gasteiger partial charge in [0.2, 0.25) is 0 Å². The molecule has 1 saturated heterocycles. The van der Waals surface area contributed by atoms with Gasteiger partial charge >= 0.3 is 6.03 Å². The number of hydrogen-bond donors (Lipinski definition) is 1. The third kappa shape index (κ3) is 3.27. The Balaban J connectivity index is 2.09. The van der Waals surface area contributed by atoms with Crippen LogP contribution in [-0.2, 0) is 9.59 Å². The maximum absolute atomic E-state index is 13.0. The van der Waals surface area contributed by atoms with Gasteiger partial charge in [0.1, 0.15) is 5.57 Å². The van der Waals surface area contributed by atoms with E-state index in [0.717, 1.165) is 10.5 Å². The first-order valence-corrected chi connectivity index (χ1v) is 8.16. The third-order valence-corrected chi connectivity index (χ3v) is 4.19. The molecule has 4 amide bonds. The van der Waals surface area contributed by atoms with Crippen LogP contribution in [0.2, 0.25) is 0 Å². The lowest BCUT2D eigenvalue weighted by atomic mass is 10.0. The average Bonchev–Trinajstić information content (AvgIpc) is 2.66. The van der Waals surface area contributed by atoms with Gasteiger partial charge in [-0.3, -0.25) is 14.9 Å². The molecular formula is C20H18N2O5. The molecule has 0 radical (unpaired) electrons. The Labute approximate surface area is 156 Å². The molecule has 0 saturated carbocycles. The SMILES string of the molecule is COc1cccc(/C=C2\C(=O)NC(=O)N(c3ccccc3C)C2=O)c1OC. The van der Waals surface area contributed by atoms with Gasteiger partial charge < -0.3 is 9.47 Å². The van der Waals surface area contributed by atoms with Gasteiger partial charge in [0, 0.05) is 5.56 Å². The van der Waals surface area contributed by atoms with Gasteiger partial charge in [-0.1, -0.05) is 30.3 Å². The summed E-state index contributed by atoms with van der Waals surface area (Å²) < 4.78 is 10.6. The summed E-state index contributed by atoms with van der Waals surface area (Å²) in [6, 6.07) is 11.3. The Morgan fingerprint density at radius 1 is 0.963 bits per heavy atom. The maximum Gasteiger partial charge on any atom is 0.335 e. The number of benzene rings is 2. The smallest absolute Gasteiger partial charge is 0.335 e. The van der Waals surface area contributed by atoms with Crippen molar-refractivity contribution < 1.29 is 23.9 Å². The zero-order valence-corrected chi connectivity index (χ0v) is 15.1. The first-order chi connectivity index (χ1) is 13.0. The molecule has 0 aliphatic carbocycles. The molecule has 1 heterocycles. The van der Waals surface area contributed by atoms with E-state index in [-0.39, 0.29) is 5.57 Å². The van der Waals surface area contributed by atoms with Crippen molar-refractivity contribution in [3.8, 4) is 11.5 Å². The highest BCUT2D eigenvalue weighted by molar-refractivity contribution is 6.39. The molecule has 138 valence electrons. The molecule has 27 heavy (non-hydrogen) atoms. The number of ether oxygens (including phenoxy) is 2. The van der Waals surface area contributed by atoms with Gasteiger partial charge in [-0.25, -0.2) is 9.69 Å². The standard InChI is InChI=1S/C20H18N2O5/c1-12-7-4-5-9-15(12)22-19(24)14(18(23)21-20(22)25)11-13-8-6-10-16(26-2)17(13)27-3/h4-11H,1-3H3,(H,21,23,25)/b14-11+. The van der Waals surface area contributed by atoms with Crippen molar-refractivity contribution in [3.63, 3.8) is 0 Å². The molecule has 1 fully saturated rings. The number of rotatable bonds is 4. The zero-order chi connectivity index (χ0) is 19.6. The van der Waals surface area contributed by atoms with E-state index in [0.29, 0.717) is 22.7 Å². The molecule has 1 N–H and O–H groups in total. The molecule has 0 bridgehead atoms. The highest BCUT2D eigenvalue weighted by Crippen LogP contribution is 2.33. The van der Waals surface area contributed by atoms with E-state index >= 15 is 0 Å². The fourth-order valence-corrected chi connectivity index (χ4v) is 2.87. The topological polar surface area (TPSA) is 84.9 Å². The Kier molecular flexibility index (Phi) is 4.94. The molecule has 0 spiro atoms. The van der Waals surface area contributed by atoms with E-state index in [1.807, 2.05) is 0 Å². The number of nitrogens with one attached hydrogen (secondary N) is 1. The second-order valence-electron chi connectivity index (χ2n) is 5.83.